The van der Waals surface area contributed by atoms with E-state index in [4.69, 9.17) is 4.18 Å². The van der Waals surface area contributed by atoms with Gasteiger partial charge in [0.05, 0.1) is 19.2 Å². The Morgan fingerprint density at radius 2 is 1.53 bits per heavy atom. The summed E-state index contributed by atoms with van der Waals surface area (Å²) in [6.07, 6.45) is 0. The first kappa shape index (κ1) is 25.0. The van der Waals surface area contributed by atoms with Gasteiger partial charge >= 0.3 is 61.5 Å². The topological polar surface area (TPSA) is 187 Å². The molecule has 0 bridgehead atoms. The quantitative estimate of drug-likeness (QED) is 0.157. The molecule has 0 N–H and O–H groups in total. The summed E-state index contributed by atoms with van der Waals surface area (Å²) >= 11 is 2.97. The van der Waals surface area contributed by atoms with Gasteiger partial charge in [0.1, 0.15) is 15.0 Å². The summed E-state index contributed by atoms with van der Waals surface area (Å²) in [6, 6.07) is 5.21. The van der Waals surface area contributed by atoms with Gasteiger partial charge in [-0.2, -0.15) is 8.42 Å². The number of nitrogens with zero attached hydrogens (tertiary/aromatic N) is 2. The SMILES string of the molecule is O=[N+]([O-])c1ccc(/C(Br)=C2/OS(=O)(=O)c3cc([N+](=O)[O-])ccc32)c(S(=O)(=O)[O-])c1.[K+]. The van der Waals surface area contributed by atoms with Gasteiger partial charge < -0.3 is 8.74 Å². The molecule has 30 heavy (non-hydrogen) atoms. The molecule has 0 fully saturated rings. The summed E-state index contributed by atoms with van der Waals surface area (Å²) in [7, 11) is -9.66. The molecule has 12 nitrogen and oxygen atoms in total. The maximum atomic E-state index is 12.2. The molecule has 1 aliphatic heterocycles. The van der Waals surface area contributed by atoms with Crippen molar-refractivity contribution in [3.63, 3.8) is 0 Å². The van der Waals surface area contributed by atoms with E-state index in [9.17, 15) is 41.6 Å². The maximum absolute atomic E-state index is 12.2. The first-order valence-electron chi connectivity index (χ1n) is 7.20. The molecule has 1 aliphatic rings. The molecule has 0 saturated carbocycles. The third kappa shape index (κ3) is 4.65. The van der Waals surface area contributed by atoms with Crippen molar-refractivity contribution in [2.45, 2.75) is 9.79 Å². The third-order valence-corrected chi connectivity index (χ3v) is 6.69. The number of nitro benzene ring substituents is 2. The molecular formula is C14H6BrKN2O10S2. The minimum Gasteiger partial charge on any atom is -0.744 e. The van der Waals surface area contributed by atoms with E-state index >= 15 is 0 Å². The maximum Gasteiger partial charge on any atom is 1.00 e. The van der Waals surface area contributed by atoms with Gasteiger partial charge in [-0.05, 0) is 28.1 Å². The number of nitro groups is 2. The Labute approximate surface area is 219 Å². The monoisotopic (exact) mass is 544 g/mol. The Morgan fingerprint density at radius 1 is 1.00 bits per heavy atom. The van der Waals surface area contributed by atoms with Crippen LogP contribution >= 0.6 is 15.9 Å². The predicted octanol–water partition coefficient (Wildman–Crippen LogP) is -0.649. The zero-order valence-corrected chi connectivity index (χ0v) is 21.0. The minimum atomic E-state index is -5.20. The molecule has 0 spiro atoms. The van der Waals surface area contributed by atoms with E-state index in [1.165, 1.54) is 0 Å². The average Bonchev–Trinajstić information content (AvgIpc) is 2.90. The standard InChI is InChI=1S/C14H7BrN2O10S2.K/c15-13(9-3-1-7(16(18)19)5-11(9)28(22,23)24)14-10-4-2-8(17(20)21)6-12(10)29(25,26)27-14;/h1-6H,(H,22,23,24);/q;+1/p-1/b14-13-;. The Morgan fingerprint density at radius 3 is 2.07 bits per heavy atom. The van der Waals surface area contributed by atoms with E-state index < -0.39 is 57.0 Å². The van der Waals surface area contributed by atoms with Gasteiger partial charge in [-0.1, -0.05) is 0 Å². The second kappa shape index (κ2) is 8.71. The fraction of sp³-hybridized carbons (Fsp3) is 0. The second-order valence-electron chi connectivity index (χ2n) is 5.51. The largest absolute Gasteiger partial charge is 1.00 e. The van der Waals surface area contributed by atoms with Crippen molar-refractivity contribution in [2.24, 2.45) is 0 Å². The predicted molar refractivity (Wildman–Crippen MR) is 98.2 cm³/mol. The normalized spacial score (nSPS) is 16.1. The fourth-order valence-electron chi connectivity index (χ4n) is 2.51. The Hall–Kier alpha value is -1.24. The molecule has 0 atom stereocenters. The molecule has 152 valence electrons. The van der Waals surface area contributed by atoms with Crippen LogP contribution in [-0.2, 0) is 24.4 Å². The molecular weight excluding hydrogens is 539 g/mol. The van der Waals surface area contributed by atoms with Gasteiger partial charge in [-0.15, -0.1) is 0 Å². The molecule has 16 heteroatoms. The fourth-order valence-corrected chi connectivity index (χ4v) is 5.27. The summed E-state index contributed by atoms with van der Waals surface area (Å²) in [4.78, 5) is 18.5. The van der Waals surface area contributed by atoms with Crippen molar-refractivity contribution in [1.82, 2.24) is 0 Å². The second-order valence-corrected chi connectivity index (χ2v) is 9.17. The zero-order valence-electron chi connectivity index (χ0n) is 14.6. The van der Waals surface area contributed by atoms with Crippen LogP contribution in [0.25, 0.3) is 10.2 Å². The van der Waals surface area contributed by atoms with Crippen LogP contribution in [0.2, 0.25) is 0 Å². The number of hydrogen-bond donors (Lipinski definition) is 0. The Kier molecular flexibility index (Phi) is 7.27. The van der Waals surface area contributed by atoms with Crippen LogP contribution in [0.5, 0.6) is 0 Å². The first-order valence-corrected chi connectivity index (χ1v) is 10.8. The number of non-ortho nitro benzene ring substituents is 2. The van der Waals surface area contributed by atoms with E-state index in [-0.39, 0.29) is 67.0 Å². The third-order valence-electron chi connectivity index (χ3n) is 3.76. The number of hydrogen-bond acceptors (Lipinski definition) is 10. The van der Waals surface area contributed by atoms with Crippen LogP contribution in [0.3, 0.4) is 0 Å². The summed E-state index contributed by atoms with van der Waals surface area (Å²) in [5.41, 5.74) is -1.71. The molecule has 0 saturated heterocycles. The number of benzene rings is 2. The van der Waals surface area contributed by atoms with E-state index in [0.29, 0.717) is 6.07 Å². The molecule has 0 unspecified atom stereocenters. The van der Waals surface area contributed by atoms with Crippen LogP contribution < -0.4 is 51.4 Å². The van der Waals surface area contributed by atoms with Gasteiger partial charge in [0.25, 0.3) is 11.4 Å². The summed E-state index contributed by atoms with van der Waals surface area (Å²) < 4.78 is 63.8. The van der Waals surface area contributed by atoms with Gasteiger partial charge in [0.2, 0.25) is 0 Å². The summed E-state index contributed by atoms with van der Waals surface area (Å²) in [6.45, 7) is 0. The molecule has 3 rings (SSSR count). The zero-order chi connectivity index (χ0) is 21.7. The van der Waals surface area contributed by atoms with Crippen LogP contribution in [0.15, 0.2) is 46.2 Å². The average molecular weight is 545 g/mol. The van der Waals surface area contributed by atoms with Crippen molar-refractivity contribution >= 4 is 57.8 Å². The van der Waals surface area contributed by atoms with Gasteiger partial charge in [-0.3, -0.25) is 20.2 Å². The van der Waals surface area contributed by atoms with Gasteiger partial charge in [0.15, 0.2) is 5.76 Å². The molecule has 1 heterocycles. The smallest absolute Gasteiger partial charge is 0.744 e. The van der Waals surface area contributed by atoms with Crippen LogP contribution in [0.1, 0.15) is 11.1 Å². The van der Waals surface area contributed by atoms with E-state index in [2.05, 4.69) is 15.9 Å². The summed E-state index contributed by atoms with van der Waals surface area (Å²) in [5, 5.41) is 21.8. The minimum absolute atomic E-state index is 0. The molecule has 2 aromatic rings. The molecule has 0 aromatic heterocycles. The van der Waals surface area contributed by atoms with Gasteiger partial charge in [0, 0.05) is 35.4 Å². The number of fused-ring (bicyclic) bond motifs is 1. The number of halogens is 1. The molecule has 2 aromatic carbocycles. The van der Waals surface area contributed by atoms with Crippen molar-refractivity contribution in [2.75, 3.05) is 0 Å². The van der Waals surface area contributed by atoms with Crippen LogP contribution in [0.4, 0.5) is 11.4 Å². The van der Waals surface area contributed by atoms with E-state index in [0.717, 1.165) is 30.3 Å². The van der Waals surface area contributed by atoms with Crippen molar-refractivity contribution < 1.29 is 86.8 Å². The molecule has 0 amide bonds. The summed E-state index contributed by atoms with van der Waals surface area (Å²) in [5.74, 6) is -0.436. The number of rotatable bonds is 4. The van der Waals surface area contributed by atoms with Gasteiger partial charge in [-0.25, -0.2) is 8.42 Å². The van der Waals surface area contributed by atoms with Crippen LogP contribution in [0, 0.1) is 20.2 Å². The molecule has 0 radical (unpaired) electrons. The first-order chi connectivity index (χ1) is 13.3. The Bertz CT molecular complexity index is 1340. The van der Waals surface area contributed by atoms with Crippen LogP contribution in [-0.4, -0.2) is 31.2 Å². The van der Waals surface area contributed by atoms with E-state index in [1.54, 1.807) is 0 Å². The van der Waals surface area contributed by atoms with Crippen molar-refractivity contribution in [3.8, 4) is 0 Å². The Balaban J connectivity index is 0.00000320. The van der Waals surface area contributed by atoms with Crippen molar-refractivity contribution in [3.05, 3.63) is 67.8 Å². The van der Waals surface area contributed by atoms with Crippen molar-refractivity contribution in [1.29, 1.82) is 0 Å². The molecule has 0 aliphatic carbocycles. The van der Waals surface area contributed by atoms with E-state index in [1.807, 2.05) is 0 Å².